The van der Waals surface area contributed by atoms with E-state index in [1.807, 2.05) is 18.7 Å². The van der Waals surface area contributed by atoms with E-state index >= 15 is 0 Å². The van der Waals surface area contributed by atoms with Gasteiger partial charge in [0.1, 0.15) is 0 Å². The molecule has 0 saturated carbocycles. The molecule has 6 heteroatoms. The summed E-state index contributed by atoms with van der Waals surface area (Å²) in [4.78, 5) is 15.8. The molecule has 0 aromatic rings. The second-order valence-corrected chi connectivity index (χ2v) is 6.96. The maximum absolute atomic E-state index is 11.6. The van der Waals surface area contributed by atoms with Gasteiger partial charge in [-0.2, -0.15) is 11.8 Å². The highest BCUT2D eigenvalue weighted by atomic mass is 32.2. The third-order valence-corrected chi connectivity index (χ3v) is 4.37. The fourth-order valence-electron chi connectivity index (χ4n) is 1.33. The zero-order valence-corrected chi connectivity index (χ0v) is 14.5. The van der Waals surface area contributed by atoms with Crippen LogP contribution < -0.4 is 16.0 Å². The number of hydrogen-bond donors (Lipinski definition) is 3. The molecular formula is C14H30N4OS. The molecule has 3 N–H and O–H groups in total. The molecule has 118 valence electrons. The van der Waals surface area contributed by atoms with Crippen molar-refractivity contribution in [2.75, 3.05) is 26.4 Å². The molecule has 1 atom stereocenters. The summed E-state index contributed by atoms with van der Waals surface area (Å²) in [6, 6.07) is 0.238. The molecule has 0 aromatic carbocycles. The number of carbonyl (C=O) groups is 1. The van der Waals surface area contributed by atoms with Gasteiger partial charge in [0.05, 0.1) is 0 Å². The maximum atomic E-state index is 11.6. The van der Waals surface area contributed by atoms with Gasteiger partial charge in [0.2, 0.25) is 5.91 Å². The van der Waals surface area contributed by atoms with E-state index in [1.165, 1.54) is 0 Å². The Morgan fingerprint density at radius 1 is 1.35 bits per heavy atom. The van der Waals surface area contributed by atoms with Gasteiger partial charge in [-0.15, -0.1) is 0 Å². The lowest BCUT2D eigenvalue weighted by Crippen LogP contribution is -2.44. The number of thioether (sulfide) groups is 1. The van der Waals surface area contributed by atoms with Crippen molar-refractivity contribution >= 4 is 23.6 Å². The lowest BCUT2D eigenvalue weighted by Gasteiger charge is -2.23. The van der Waals surface area contributed by atoms with Gasteiger partial charge in [-0.05, 0) is 33.4 Å². The normalized spacial score (nSPS) is 13.8. The minimum Gasteiger partial charge on any atom is -0.356 e. The molecule has 0 aliphatic carbocycles. The number of rotatable bonds is 8. The Balaban J connectivity index is 3.95. The third kappa shape index (κ3) is 9.07. The van der Waals surface area contributed by atoms with Crippen LogP contribution in [-0.2, 0) is 4.79 Å². The quantitative estimate of drug-likeness (QED) is 0.471. The Labute approximate surface area is 127 Å². The standard InChI is InChI=1S/C14H30N4OS/c1-7-11(2)18-12(19)8-9-16-13(15-5)17-10-14(3,4)20-6/h11H,7-10H2,1-6H3,(H,18,19)(H2,15,16,17). The first kappa shape index (κ1) is 19.1. The number of hydrogen-bond acceptors (Lipinski definition) is 3. The van der Waals surface area contributed by atoms with Crippen LogP contribution in [0.1, 0.15) is 40.5 Å². The van der Waals surface area contributed by atoms with Crippen LogP contribution in [0.5, 0.6) is 0 Å². The minimum absolute atomic E-state index is 0.0757. The van der Waals surface area contributed by atoms with E-state index in [2.05, 4.69) is 48.0 Å². The van der Waals surface area contributed by atoms with Gasteiger partial charge in [-0.25, -0.2) is 0 Å². The molecule has 0 heterocycles. The van der Waals surface area contributed by atoms with Gasteiger partial charge < -0.3 is 16.0 Å². The summed E-state index contributed by atoms with van der Waals surface area (Å²) in [6.07, 6.45) is 3.50. The number of amides is 1. The van der Waals surface area contributed by atoms with E-state index in [1.54, 1.807) is 7.05 Å². The Hall–Kier alpha value is -0.910. The van der Waals surface area contributed by atoms with Crippen LogP contribution in [0.2, 0.25) is 0 Å². The zero-order chi connectivity index (χ0) is 15.6. The fraction of sp³-hybridized carbons (Fsp3) is 0.857. The van der Waals surface area contributed by atoms with Crippen molar-refractivity contribution in [3.63, 3.8) is 0 Å². The van der Waals surface area contributed by atoms with E-state index in [0.29, 0.717) is 13.0 Å². The molecule has 0 spiro atoms. The van der Waals surface area contributed by atoms with Gasteiger partial charge in [0, 0.05) is 37.3 Å². The minimum atomic E-state index is 0.0757. The summed E-state index contributed by atoms with van der Waals surface area (Å²) < 4.78 is 0.158. The van der Waals surface area contributed by atoms with Crippen molar-refractivity contribution in [2.45, 2.75) is 51.3 Å². The molecule has 0 aromatic heterocycles. The molecule has 0 radical (unpaired) electrons. The molecule has 0 bridgehead atoms. The van der Waals surface area contributed by atoms with Crippen molar-refractivity contribution in [1.29, 1.82) is 0 Å². The highest BCUT2D eigenvalue weighted by Crippen LogP contribution is 2.19. The molecule has 0 fully saturated rings. The number of nitrogens with one attached hydrogen (secondary N) is 3. The summed E-state index contributed by atoms with van der Waals surface area (Å²) in [6.45, 7) is 9.84. The summed E-state index contributed by atoms with van der Waals surface area (Å²) >= 11 is 1.81. The summed E-state index contributed by atoms with van der Waals surface area (Å²) in [7, 11) is 1.74. The van der Waals surface area contributed by atoms with Crippen LogP contribution in [0.15, 0.2) is 4.99 Å². The van der Waals surface area contributed by atoms with Crippen molar-refractivity contribution in [3.8, 4) is 0 Å². The van der Waals surface area contributed by atoms with Crippen molar-refractivity contribution in [3.05, 3.63) is 0 Å². The van der Waals surface area contributed by atoms with Gasteiger partial charge in [0.25, 0.3) is 0 Å². The monoisotopic (exact) mass is 302 g/mol. The second kappa shape index (κ2) is 9.91. The summed E-state index contributed by atoms with van der Waals surface area (Å²) in [5, 5.41) is 9.37. The SMILES string of the molecule is CCC(C)NC(=O)CCNC(=NC)NCC(C)(C)SC. The first-order valence-corrected chi connectivity index (χ1v) is 8.36. The molecule has 1 amide bonds. The topological polar surface area (TPSA) is 65.5 Å². The molecule has 0 rings (SSSR count). The molecule has 0 saturated heterocycles. The van der Waals surface area contributed by atoms with Crippen LogP contribution in [0, 0.1) is 0 Å². The van der Waals surface area contributed by atoms with Crippen LogP contribution >= 0.6 is 11.8 Å². The van der Waals surface area contributed by atoms with Crippen molar-refractivity contribution < 1.29 is 4.79 Å². The zero-order valence-electron chi connectivity index (χ0n) is 13.7. The van der Waals surface area contributed by atoms with Crippen molar-refractivity contribution in [2.24, 2.45) is 4.99 Å². The average Bonchev–Trinajstić information content (AvgIpc) is 2.42. The van der Waals surface area contributed by atoms with Crippen LogP contribution in [0.25, 0.3) is 0 Å². The van der Waals surface area contributed by atoms with Crippen LogP contribution in [-0.4, -0.2) is 49.0 Å². The van der Waals surface area contributed by atoms with Gasteiger partial charge in [-0.1, -0.05) is 6.92 Å². The summed E-state index contributed by atoms with van der Waals surface area (Å²) in [5.41, 5.74) is 0. The fourth-order valence-corrected chi connectivity index (χ4v) is 1.55. The Kier molecular flexibility index (Phi) is 9.46. The maximum Gasteiger partial charge on any atom is 0.221 e. The van der Waals surface area contributed by atoms with Crippen molar-refractivity contribution in [1.82, 2.24) is 16.0 Å². The smallest absolute Gasteiger partial charge is 0.221 e. The third-order valence-electron chi connectivity index (χ3n) is 3.12. The van der Waals surface area contributed by atoms with Crippen LogP contribution in [0.3, 0.4) is 0 Å². The Bertz CT molecular complexity index is 318. The van der Waals surface area contributed by atoms with E-state index < -0.39 is 0 Å². The van der Waals surface area contributed by atoms with Gasteiger partial charge in [-0.3, -0.25) is 9.79 Å². The average molecular weight is 302 g/mol. The second-order valence-electron chi connectivity index (χ2n) is 5.44. The largest absolute Gasteiger partial charge is 0.356 e. The lowest BCUT2D eigenvalue weighted by molar-refractivity contribution is -0.121. The predicted octanol–water partition coefficient (Wildman–Crippen LogP) is 1.60. The molecule has 0 aliphatic heterocycles. The van der Waals surface area contributed by atoms with E-state index in [0.717, 1.165) is 18.9 Å². The summed E-state index contributed by atoms with van der Waals surface area (Å²) in [5.74, 6) is 0.815. The number of nitrogens with zero attached hydrogens (tertiary/aromatic N) is 1. The number of guanidine groups is 1. The van der Waals surface area contributed by atoms with E-state index in [-0.39, 0.29) is 16.7 Å². The predicted molar refractivity (Wildman–Crippen MR) is 89.5 cm³/mol. The van der Waals surface area contributed by atoms with E-state index in [9.17, 15) is 4.79 Å². The number of carbonyl (C=O) groups excluding carboxylic acids is 1. The first-order valence-electron chi connectivity index (χ1n) is 7.13. The van der Waals surface area contributed by atoms with E-state index in [4.69, 9.17) is 0 Å². The van der Waals surface area contributed by atoms with Crippen LogP contribution in [0.4, 0.5) is 0 Å². The Morgan fingerprint density at radius 2 is 2.00 bits per heavy atom. The van der Waals surface area contributed by atoms with Gasteiger partial charge >= 0.3 is 0 Å². The Morgan fingerprint density at radius 3 is 2.50 bits per heavy atom. The molecule has 0 aliphatic rings. The molecule has 1 unspecified atom stereocenters. The number of aliphatic imine (C=N–C) groups is 1. The first-order chi connectivity index (χ1) is 9.34. The molecular weight excluding hydrogens is 272 g/mol. The van der Waals surface area contributed by atoms with Gasteiger partial charge in [0.15, 0.2) is 5.96 Å². The molecule has 5 nitrogen and oxygen atoms in total. The lowest BCUT2D eigenvalue weighted by atomic mass is 10.2. The highest BCUT2D eigenvalue weighted by Gasteiger charge is 2.16. The molecule has 20 heavy (non-hydrogen) atoms. The highest BCUT2D eigenvalue weighted by molar-refractivity contribution is 7.99.